The second-order valence-electron chi connectivity index (χ2n) is 6.90. The van der Waals surface area contributed by atoms with E-state index in [9.17, 15) is 18.0 Å². The lowest BCUT2D eigenvalue weighted by atomic mass is 10.3. The molecular formula is C18H25N5O4S. The summed E-state index contributed by atoms with van der Waals surface area (Å²) in [5, 5.41) is 2.75. The first-order chi connectivity index (χ1) is 13.3. The van der Waals surface area contributed by atoms with Gasteiger partial charge in [0.25, 0.3) is 10.0 Å². The number of carbonyl (C=O) groups excluding carboxylic acids is 2. The molecule has 0 atom stereocenters. The van der Waals surface area contributed by atoms with Gasteiger partial charge in [-0.05, 0) is 24.6 Å². The first-order valence-corrected chi connectivity index (χ1v) is 10.8. The van der Waals surface area contributed by atoms with E-state index in [2.05, 4.69) is 15.0 Å². The van der Waals surface area contributed by atoms with Crippen LogP contribution in [0.5, 0.6) is 0 Å². The molecule has 0 radical (unpaired) electrons. The Bertz CT molecular complexity index is 876. The largest absolute Gasteiger partial charge is 0.340 e. The fraction of sp³-hybridized carbons (Fsp3) is 0.500. The number of sulfonamides is 1. The van der Waals surface area contributed by atoms with Gasteiger partial charge in [0.15, 0.2) is 0 Å². The summed E-state index contributed by atoms with van der Waals surface area (Å²) in [6, 6.07) is 6.15. The molecule has 2 N–H and O–H groups in total. The van der Waals surface area contributed by atoms with Crippen LogP contribution in [0.15, 0.2) is 34.2 Å². The van der Waals surface area contributed by atoms with Gasteiger partial charge in [-0.25, -0.2) is 8.42 Å². The number of nitrogens with one attached hydrogen (secondary N) is 2. The molecule has 2 aliphatic rings. The summed E-state index contributed by atoms with van der Waals surface area (Å²) in [5.74, 6) is 0.289. The van der Waals surface area contributed by atoms with Gasteiger partial charge in [0, 0.05) is 51.8 Å². The van der Waals surface area contributed by atoms with Crippen LogP contribution in [0.3, 0.4) is 0 Å². The van der Waals surface area contributed by atoms with E-state index in [1.807, 2.05) is 4.90 Å². The number of benzene rings is 1. The van der Waals surface area contributed by atoms with Crippen LogP contribution in [0.2, 0.25) is 0 Å². The van der Waals surface area contributed by atoms with Crippen molar-refractivity contribution >= 4 is 33.4 Å². The molecule has 0 aromatic heterocycles. The molecule has 2 amide bonds. The highest BCUT2D eigenvalue weighted by Gasteiger charge is 2.21. The van der Waals surface area contributed by atoms with Crippen LogP contribution in [0.1, 0.15) is 19.8 Å². The number of nitrogens with zero attached hydrogens (tertiary/aromatic N) is 3. The Morgan fingerprint density at radius 3 is 2.57 bits per heavy atom. The summed E-state index contributed by atoms with van der Waals surface area (Å²) in [7, 11) is -3.72. The molecule has 1 aromatic rings. The number of aliphatic imine (C=N–C) groups is 1. The molecule has 0 saturated carbocycles. The highest BCUT2D eigenvalue weighted by Crippen LogP contribution is 2.16. The summed E-state index contributed by atoms with van der Waals surface area (Å²) in [5.41, 5.74) is 0.420. The highest BCUT2D eigenvalue weighted by atomic mass is 32.2. The van der Waals surface area contributed by atoms with Gasteiger partial charge in [0.2, 0.25) is 11.8 Å². The number of carbonyl (C=O) groups is 2. The Labute approximate surface area is 164 Å². The number of hydrogen-bond acceptors (Lipinski definition) is 6. The van der Waals surface area contributed by atoms with Crippen LogP contribution in [0.25, 0.3) is 0 Å². The normalized spacial score (nSPS) is 17.9. The molecule has 28 heavy (non-hydrogen) atoms. The van der Waals surface area contributed by atoms with Crippen LogP contribution in [0, 0.1) is 0 Å². The minimum Gasteiger partial charge on any atom is -0.340 e. The second kappa shape index (κ2) is 8.70. The van der Waals surface area contributed by atoms with Gasteiger partial charge in [0.05, 0.1) is 11.4 Å². The molecular weight excluding hydrogens is 382 g/mol. The zero-order chi connectivity index (χ0) is 20.1. The number of amidine groups is 1. The van der Waals surface area contributed by atoms with E-state index in [1.165, 1.54) is 19.1 Å². The lowest BCUT2D eigenvalue weighted by Gasteiger charge is -2.33. The van der Waals surface area contributed by atoms with Crippen LogP contribution in [-0.4, -0.2) is 75.1 Å². The minimum atomic E-state index is -3.72. The van der Waals surface area contributed by atoms with Crippen molar-refractivity contribution < 1.29 is 18.0 Å². The standard InChI is InChI=1S/C18H25N5O4S/c1-14(24)23-10-8-22(9-11-23)13-18(25)20-15-4-2-5-16(12-15)28(26,27)21-17-6-3-7-19-17/h2,4-5,12H,3,6-11,13H2,1H3,(H,19,21)(H,20,25). The average Bonchev–Trinajstić information content (AvgIpc) is 3.14. The van der Waals surface area contributed by atoms with Gasteiger partial charge in [-0.1, -0.05) is 6.07 Å². The molecule has 1 saturated heterocycles. The fourth-order valence-corrected chi connectivity index (χ4v) is 4.34. The molecule has 3 rings (SSSR count). The van der Waals surface area contributed by atoms with E-state index < -0.39 is 10.0 Å². The van der Waals surface area contributed by atoms with Crippen molar-refractivity contribution in [2.45, 2.75) is 24.7 Å². The maximum atomic E-state index is 12.5. The van der Waals surface area contributed by atoms with Gasteiger partial charge in [0.1, 0.15) is 5.84 Å². The van der Waals surface area contributed by atoms with E-state index in [4.69, 9.17) is 0 Å². The van der Waals surface area contributed by atoms with Crippen molar-refractivity contribution in [3.05, 3.63) is 24.3 Å². The Morgan fingerprint density at radius 1 is 1.18 bits per heavy atom. The monoisotopic (exact) mass is 407 g/mol. The van der Waals surface area contributed by atoms with Crippen molar-refractivity contribution in [3.63, 3.8) is 0 Å². The van der Waals surface area contributed by atoms with Crippen LogP contribution in [-0.2, 0) is 19.6 Å². The summed E-state index contributed by atoms with van der Waals surface area (Å²) in [6.07, 6.45) is 1.46. The smallest absolute Gasteiger partial charge is 0.262 e. The van der Waals surface area contributed by atoms with Crippen LogP contribution < -0.4 is 10.0 Å². The topological polar surface area (TPSA) is 111 Å². The first kappa shape index (κ1) is 20.3. The molecule has 0 bridgehead atoms. The number of hydrogen-bond donors (Lipinski definition) is 2. The first-order valence-electron chi connectivity index (χ1n) is 9.27. The Kier molecular flexibility index (Phi) is 6.30. The van der Waals surface area contributed by atoms with Crippen molar-refractivity contribution in [2.75, 3.05) is 44.6 Å². The second-order valence-corrected chi connectivity index (χ2v) is 8.58. The fourth-order valence-electron chi connectivity index (χ4n) is 3.20. The van der Waals surface area contributed by atoms with E-state index in [-0.39, 0.29) is 23.3 Å². The number of amides is 2. The van der Waals surface area contributed by atoms with E-state index in [0.717, 1.165) is 6.42 Å². The number of anilines is 1. The van der Waals surface area contributed by atoms with Crippen molar-refractivity contribution in [1.29, 1.82) is 0 Å². The zero-order valence-corrected chi connectivity index (χ0v) is 16.7. The maximum Gasteiger partial charge on any atom is 0.262 e. The van der Waals surface area contributed by atoms with Crippen molar-refractivity contribution in [3.8, 4) is 0 Å². The molecule has 1 fully saturated rings. The molecule has 0 unspecified atom stereocenters. The van der Waals surface area contributed by atoms with Gasteiger partial charge in [-0.15, -0.1) is 0 Å². The molecule has 0 aliphatic carbocycles. The lowest BCUT2D eigenvalue weighted by Crippen LogP contribution is -2.49. The zero-order valence-electron chi connectivity index (χ0n) is 15.8. The minimum absolute atomic E-state index is 0.0410. The van der Waals surface area contributed by atoms with Gasteiger partial charge >= 0.3 is 0 Å². The molecule has 10 heteroatoms. The third kappa shape index (κ3) is 5.29. The van der Waals surface area contributed by atoms with Crippen LogP contribution in [0.4, 0.5) is 5.69 Å². The Balaban J connectivity index is 1.57. The summed E-state index contributed by atoms with van der Waals surface area (Å²) in [6.45, 7) is 4.84. The average molecular weight is 407 g/mol. The number of rotatable bonds is 5. The quantitative estimate of drug-likeness (QED) is 0.727. The highest BCUT2D eigenvalue weighted by molar-refractivity contribution is 7.90. The van der Waals surface area contributed by atoms with E-state index in [0.29, 0.717) is 50.7 Å². The third-order valence-electron chi connectivity index (χ3n) is 4.74. The summed E-state index contributed by atoms with van der Waals surface area (Å²) < 4.78 is 27.5. The Hall–Kier alpha value is -2.46. The number of piperazine rings is 1. The van der Waals surface area contributed by atoms with Crippen molar-refractivity contribution in [2.24, 2.45) is 4.99 Å². The van der Waals surface area contributed by atoms with Crippen LogP contribution >= 0.6 is 0 Å². The maximum absolute atomic E-state index is 12.5. The summed E-state index contributed by atoms with van der Waals surface area (Å²) >= 11 is 0. The van der Waals surface area contributed by atoms with Gasteiger partial charge in [-0.2, -0.15) is 0 Å². The predicted molar refractivity (Wildman–Crippen MR) is 106 cm³/mol. The van der Waals surface area contributed by atoms with Crippen molar-refractivity contribution in [1.82, 2.24) is 14.5 Å². The van der Waals surface area contributed by atoms with Gasteiger partial charge < -0.3 is 10.2 Å². The molecule has 0 spiro atoms. The summed E-state index contributed by atoms with van der Waals surface area (Å²) in [4.78, 5) is 31.6. The molecule has 2 aliphatic heterocycles. The lowest BCUT2D eigenvalue weighted by molar-refractivity contribution is -0.130. The third-order valence-corrected chi connectivity index (χ3v) is 6.12. The molecule has 9 nitrogen and oxygen atoms in total. The van der Waals surface area contributed by atoms with Gasteiger partial charge in [-0.3, -0.25) is 24.2 Å². The molecule has 2 heterocycles. The molecule has 1 aromatic carbocycles. The SMILES string of the molecule is CC(=O)N1CCN(CC(=O)Nc2cccc(S(=O)(=O)NC3=NCCC3)c2)CC1. The van der Waals surface area contributed by atoms with E-state index in [1.54, 1.807) is 17.0 Å². The van der Waals surface area contributed by atoms with E-state index >= 15 is 0 Å². The predicted octanol–water partition coefficient (Wildman–Crippen LogP) is 0.260. The Morgan fingerprint density at radius 2 is 1.93 bits per heavy atom. The molecule has 152 valence electrons.